The molecule has 20 heavy (non-hydrogen) atoms. The fraction of sp³-hybridized carbons (Fsp3) is 0.533. The van der Waals surface area contributed by atoms with Crippen molar-refractivity contribution in [1.29, 1.82) is 0 Å². The number of nitrogens with two attached hydrogens (primary N) is 1. The SMILES string of the molecule is CCSC1CCC(NCc2ccc(/C(N)=N/O)cc2)C1. The molecule has 0 bridgehead atoms. The van der Waals surface area contributed by atoms with E-state index < -0.39 is 0 Å². The molecule has 1 aliphatic carbocycles. The fourth-order valence-corrected chi connectivity index (χ4v) is 3.77. The molecule has 110 valence electrons. The smallest absolute Gasteiger partial charge is 0.170 e. The second-order valence-electron chi connectivity index (χ2n) is 5.15. The molecule has 1 aromatic carbocycles. The van der Waals surface area contributed by atoms with Crippen molar-refractivity contribution in [2.45, 2.75) is 44.0 Å². The van der Waals surface area contributed by atoms with Crippen LogP contribution < -0.4 is 11.1 Å². The number of hydrogen-bond acceptors (Lipinski definition) is 4. The van der Waals surface area contributed by atoms with Crippen LogP contribution in [-0.2, 0) is 6.54 Å². The van der Waals surface area contributed by atoms with E-state index in [1.807, 2.05) is 24.3 Å². The zero-order valence-corrected chi connectivity index (χ0v) is 12.7. The molecule has 0 saturated heterocycles. The Kier molecular flexibility index (Phi) is 5.73. The molecule has 2 rings (SSSR count). The standard InChI is InChI=1S/C15H23N3OS/c1-2-20-14-8-7-13(9-14)17-10-11-3-5-12(6-4-11)15(16)18-19/h3-6,13-14,17,19H,2,7-10H2,1H3,(H2,16,18). The highest BCUT2D eigenvalue weighted by Crippen LogP contribution is 2.29. The van der Waals surface area contributed by atoms with E-state index in [2.05, 4.69) is 29.2 Å². The Morgan fingerprint density at radius 3 is 2.80 bits per heavy atom. The summed E-state index contributed by atoms with van der Waals surface area (Å²) >= 11 is 2.08. The van der Waals surface area contributed by atoms with Crippen LogP contribution in [0, 0.1) is 0 Å². The molecule has 2 atom stereocenters. The van der Waals surface area contributed by atoms with Crippen LogP contribution in [-0.4, -0.2) is 28.1 Å². The lowest BCUT2D eigenvalue weighted by molar-refractivity contribution is 0.318. The van der Waals surface area contributed by atoms with Crippen molar-refractivity contribution in [3.63, 3.8) is 0 Å². The third kappa shape index (κ3) is 4.15. The van der Waals surface area contributed by atoms with E-state index in [0.717, 1.165) is 17.4 Å². The van der Waals surface area contributed by atoms with Crippen LogP contribution in [0.2, 0.25) is 0 Å². The van der Waals surface area contributed by atoms with Crippen molar-refractivity contribution >= 4 is 17.6 Å². The van der Waals surface area contributed by atoms with Gasteiger partial charge in [0.15, 0.2) is 5.84 Å². The van der Waals surface area contributed by atoms with Gasteiger partial charge in [-0.3, -0.25) is 0 Å². The highest BCUT2D eigenvalue weighted by atomic mass is 32.2. The molecule has 0 aliphatic heterocycles. The van der Waals surface area contributed by atoms with E-state index in [-0.39, 0.29) is 5.84 Å². The van der Waals surface area contributed by atoms with Gasteiger partial charge in [0.05, 0.1) is 0 Å². The van der Waals surface area contributed by atoms with Gasteiger partial charge < -0.3 is 16.3 Å². The van der Waals surface area contributed by atoms with Crippen molar-refractivity contribution in [3.05, 3.63) is 35.4 Å². The molecule has 0 heterocycles. The molecule has 0 spiro atoms. The van der Waals surface area contributed by atoms with E-state index >= 15 is 0 Å². The summed E-state index contributed by atoms with van der Waals surface area (Å²) in [5.74, 6) is 1.37. The fourth-order valence-electron chi connectivity index (χ4n) is 2.63. The van der Waals surface area contributed by atoms with E-state index in [0.29, 0.717) is 6.04 Å². The normalized spacial score (nSPS) is 23.1. The molecule has 0 radical (unpaired) electrons. The van der Waals surface area contributed by atoms with Crippen LogP contribution in [0.3, 0.4) is 0 Å². The minimum atomic E-state index is 0.153. The van der Waals surface area contributed by atoms with Crippen molar-refractivity contribution in [1.82, 2.24) is 5.32 Å². The van der Waals surface area contributed by atoms with Crippen LogP contribution in [0.15, 0.2) is 29.4 Å². The molecule has 4 N–H and O–H groups in total. The molecule has 1 saturated carbocycles. The average molecular weight is 293 g/mol. The number of oxime groups is 1. The summed E-state index contributed by atoms with van der Waals surface area (Å²) in [5, 5.41) is 16.1. The first kappa shape index (κ1) is 15.2. The molecule has 1 fully saturated rings. The second kappa shape index (κ2) is 7.55. The maximum atomic E-state index is 8.62. The summed E-state index contributed by atoms with van der Waals surface area (Å²) in [5.41, 5.74) is 7.52. The Bertz CT molecular complexity index is 447. The van der Waals surface area contributed by atoms with Crippen LogP contribution in [0.4, 0.5) is 0 Å². The van der Waals surface area contributed by atoms with Gasteiger partial charge >= 0.3 is 0 Å². The molecular formula is C15H23N3OS. The monoisotopic (exact) mass is 293 g/mol. The third-order valence-electron chi connectivity index (χ3n) is 3.74. The Balaban J connectivity index is 1.80. The number of thioether (sulfide) groups is 1. The maximum absolute atomic E-state index is 8.62. The quantitative estimate of drug-likeness (QED) is 0.326. The van der Waals surface area contributed by atoms with Gasteiger partial charge in [0.25, 0.3) is 0 Å². The van der Waals surface area contributed by atoms with Crippen molar-refractivity contribution in [3.8, 4) is 0 Å². The highest BCUT2D eigenvalue weighted by molar-refractivity contribution is 7.99. The largest absolute Gasteiger partial charge is 0.409 e. The summed E-state index contributed by atoms with van der Waals surface area (Å²) in [6, 6.07) is 8.46. The molecule has 0 amide bonds. The minimum absolute atomic E-state index is 0.153. The number of amidine groups is 1. The van der Waals surface area contributed by atoms with Crippen molar-refractivity contribution < 1.29 is 5.21 Å². The van der Waals surface area contributed by atoms with E-state index in [1.165, 1.54) is 30.6 Å². The van der Waals surface area contributed by atoms with Gasteiger partial charge in [-0.15, -0.1) is 0 Å². The number of rotatable bonds is 6. The first-order valence-electron chi connectivity index (χ1n) is 7.14. The van der Waals surface area contributed by atoms with E-state index in [1.54, 1.807) is 0 Å². The van der Waals surface area contributed by atoms with Crippen LogP contribution in [0.1, 0.15) is 37.3 Å². The Morgan fingerprint density at radius 1 is 1.40 bits per heavy atom. The third-order valence-corrected chi connectivity index (χ3v) is 4.97. The second-order valence-corrected chi connectivity index (χ2v) is 6.73. The molecule has 0 aromatic heterocycles. The summed E-state index contributed by atoms with van der Waals surface area (Å²) in [6.45, 7) is 3.11. The molecular weight excluding hydrogens is 270 g/mol. The molecule has 1 aliphatic rings. The van der Waals surface area contributed by atoms with Crippen molar-refractivity contribution in [2.24, 2.45) is 10.9 Å². The van der Waals surface area contributed by atoms with Crippen molar-refractivity contribution in [2.75, 3.05) is 5.75 Å². The van der Waals surface area contributed by atoms with Gasteiger partial charge in [0.1, 0.15) is 0 Å². The predicted molar refractivity (Wildman–Crippen MR) is 85.4 cm³/mol. The summed E-state index contributed by atoms with van der Waals surface area (Å²) < 4.78 is 0. The zero-order valence-electron chi connectivity index (χ0n) is 11.9. The number of nitrogens with zero attached hydrogens (tertiary/aromatic N) is 1. The Hall–Kier alpha value is -1.20. The van der Waals surface area contributed by atoms with Gasteiger partial charge in [-0.1, -0.05) is 36.3 Å². The molecule has 4 nitrogen and oxygen atoms in total. The molecule has 5 heteroatoms. The van der Waals surface area contributed by atoms with Gasteiger partial charge in [-0.05, 0) is 30.6 Å². The predicted octanol–water partition coefficient (Wildman–Crippen LogP) is 2.54. The molecule has 2 unspecified atom stereocenters. The topological polar surface area (TPSA) is 70.6 Å². The Labute approximate surface area is 124 Å². The Morgan fingerprint density at radius 2 is 2.15 bits per heavy atom. The van der Waals surface area contributed by atoms with Gasteiger partial charge in [0, 0.05) is 23.4 Å². The summed E-state index contributed by atoms with van der Waals surface area (Å²) in [4.78, 5) is 0. The number of hydrogen-bond donors (Lipinski definition) is 3. The van der Waals surface area contributed by atoms with Crippen LogP contribution >= 0.6 is 11.8 Å². The number of benzene rings is 1. The van der Waals surface area contributed by atoms with Gasteiger partial charge in [-0.2, -0.15) is 11.8 Å². The van der Waals surface area contributed by atoms with E-state index in [4.69, 9.17) is 10.9 Å². The van der Waals surface area contributed by atoms with Gasteiger partial charge in [0.2, 0.25) is 0 Å². The summed E-state index contributed by atoms with van der Waals surface area (Å²) in [7, 11) is 0. The van der Waals surface area contributed by atoms with E-state index in [9.17, 15) is 0 Å². The number of nitrogens with one attached hydrogen (secondary N) is 1. The van der Waals surface area contributed by atoms with Crippen LogP contribution in [0.25, 0.3) is 0 Å². The van der Waals surface area contributed by atoms with Crippen LogP contribution in [0.5, 0.6) is 0 Å². The average Bonchev–Trinajstić information content (AvgIpc) is 2.93. The lowest BCUT2D eigenvalue weighted by Crippen LogP contribution is -2.26. The van der Waals surface area contributed by atoms with Gasteiger partial charge in [-0.25, -0.2) is 0 Å². The maximum Gasteiger partial charge on any atom is 0.170 e. The first-order chi connectivity index (χ1) is 9.72. The highest BCUT2D eigenvalue weighted by Gasteiger charge is 2.23. The lowest BCUT2D eigenvalue weighted by atomic mass is 10.1. The zero-order chi connectivity index (χ0) is 14.4. The minimum Gasteiger partial charge on any atom is -0.409 e. The first-order valence-corrected chi connectivity index (χ1v) is 8.19. The molecule has 1 aromatic rings. The summed E-state index contributed by atoms with van der Waals surface area (Å²) in [6.07, 6.45) is 3.89. The lowest BCUT2D eigenvalue weighted by Gasteiger charge is -2.13.